The van der Waals surface area contributed by atoms with Gasteiger partial charge in [0.2, 0.25) is 5.89 Å². The van der Waals surface area contributed by atoms with E-state index < -0.39 is 0 Å². The molecule has 0 aliphatic carbocycles. The molecule has 2 aliphatic heterocycles. The number of aromatic nitrogens is 2. The summed E-state index contributed by atoms with van der Waals surface area (Å²) in [5.41, 5.74) is 5.45. The standard InChI is InChI=1S/C11H18N4O/c12-6-11-13-10(14-16-11)7-15-8-2-1-3-9(15)5-4-8/h8-9H,1-7,12H2. The molecule has 2 unspecified atom stereocenters. The van der Waals surface area contributed by atoms with E-state index in [1.807, 2.05) is 0 Å². The predicted molar refractivity (Wildman–Crippen MR) is 58.4 cm³/mol. The van der Waals surface area contributed by atoms with Gasteiger partial charge in [0, 0.05) is 12.1 Å². The van der Waals surface area contributed by atoms with Crippen molar-refractivity contribution in [2.24, 2.45) is 5.73 Å². The van der Waals surface area contributed by atoms with Crippen LogP contribution in [0.4, 0.5) is 0 Å². The van der Waals surface area contributed by atoms with Gasteiger partial charge in [-0.05, 0) is 25.7 Å². The van der Waals surface area contributed by atoms with E-state index in [1.54, 1.807) is 0 Å². The molecule has 0 amide bonds. The molecule has 5 heteroatoms. The molecular weight excluding hydrogens is 204 g/mol. The van der Waals surface area contributed by atoms with Crippen molar-refractivity contribution in [1.29, 1.82) is 0 Å². The summed E-state index contributed by atoms with van der Waals surface area (Å²) in [4.78, 5) is 6.83. The van der Waals surface area contributed by atoms with E-state index in [4.69, 9.17) is 10.3 Å². The van der Waals surface area contributed by atoms with Crippen molar-refractivity contribution >= 4 is 0 Å². The number of piperidine rings is 1. The van der Waals surface area contributed by atoms with Crippen LogP contribution >= 0.6 is 0 Å². The molecule has 2 bridgehead atoms. The zero-order valence-corrected chi connectivity index (χ0v) is 9.43. The van der Waals surface area contributed by atoms with Gasteiger partial charge in [0.25, 0.3) is 0 Å². The molecule has 0 aromatic carbocycles. The third-order valence-electron chi connectivity index (χ3n) is 3.85. The molecule has 5 nitrogen and oxygen atoms in total. The Balaban J connectivity index is 1.70. The molecule has 2 N–H and O–H groups in total. The summed E-state index contributed by atoms with van der Waals surface area (Å²) in [6.07, 6.45) is 6.72. The lowest BCUT2D eigenvalue weighted by molar-refractivity contribution is 0.127. The smallest absolute Gasteiger partial charge is 0.240 e. The Morgan fingerprint density at radius 2 is 2.00 bits per heavy atom. The fourth-order valence-corrected chi connectivity index (χ4v) is 3.08. The van der Waals surface area contributed by atoms with Gasteiger partial charge in [0.15, 0.2) is 5.82 Å². The Bertz CT molecular complexity index is 349. The van der Waals surface area contributed by atoms with Crippen LogP contribution in [0.3, 0.4) is 0 Å². The van der Waals surface area contributed by atoms with Gasteiger partial charge < -0.3 is 10.3 Å². The van der Waals surface area contributed by atoms with E-state index in [2.05, 4.69) is 15.0 Å². The Kier molecular flexibility index (Phi) is 2.65. The first-order valence-electron chi connectivity index (χ1n) is 6.14. The average molecular weight is 222 g/mol. The molecule has 16 heavy (non-hydrogen) atoms. The van der Waals surface area contributed by atoms with Crippen LogP contribution in [0.5, 0.6) is 0 Å². The summed E-state index contributed by atoms with van der Waals surface area (Å²) in [6, 6.07) is 1.50. The summed E-state index contributed by atoms with van der Waals surface area (Å²) < 4.78 is 5.03. The van der Waals surface area contributed by atoms with Crippen molar-refractivity contribution < 1.29 is 4.52 Å². The normalized spacial score (nSPS) is 29.8. The first-order valence-corrected chi connectivity index (χ1v) is 6.14. The van der Waals surface area contributed by atoms with Crippen LogP contribution in [0.2, 0.25) is 0 Å². The molecule has 1 aromatic rings. The summed E-state index contributed by atoms with van der Waals surface area (Å²) >= 11 is 0. The molecule has 2 atom stereocenters. The lowest BCUT2D eigenvalue weighted by Crippen LogP contribution is -2.39. The quantitative estimate of drug-likeness (QED) is 0.827. The monoisotopic (exact) mass is 222 g/mol. The third-order valence-corrected chi connectivity index (χ3v) is 3.85. The largest absolute Gasteiger partial charge is 0.338 e. The van der Waals surface area contributed by atoms with E-state index in [0.29, 0.717) is 12.4 Å². The maximum absolute atomic E-state index is 5.45. The van der Waals surface area contributed by atoms with Crippen molar-refractivity contribution in [3.05, 3.63) is 11.7 Å². The fraction of sp³-hybridized carbons (Fsp3) is 0.818. The van der Waals surface area contributed by atoms with Gasteiger partial charge in [-0.15, -0.1) is 0 Å². The Labute approximate surface area is 95.0 Å². The first kappa shape index (κ1) is 10.2. The van der Waals surface area contributed by atoms with E-state index in [1.165, 1.54) is 32.1 Å². The molecule has 2 saturated heterocycles. The molecule has 0 spiro atoms. The minimum Gasteiger partial charge on any atom is -0.338 e. The van der Waals surface area contributed by atoms with Crippen molar-refractivity contribution in [1.82, 2.24) is 15.0 Å². The van der Waals surface area contributed by atoms with Gasteiger partial charge in [0.05, 0.1) is 13.1 Å². The number of nitrogens with two attached hydrogens (primary N) is 1. The number of rotatable bonds is 3. The lowest BCUT2D eigenvalue weighted by Gasteiger charge is -2.33. The van der Waals surface area contributed by atoms with E-state index in [-0.39, 0.29) is 0 Å². The van der Waals surface area contributed by atoms with Crippen LogP contribution in [-0.2, 0) is 13.1 Å². The topological polar surface area (TPSA) is 68.2 Å². The van der Waals surface area contributed by atoms with Gasteiger partial charge in [-0.2, -0.15) is 4.98 Å². The van der Waals surface area contributed by atoms with Gasteiger partial charge in [-0.25, -0.2) is 0 Å². The van der Waals surface area contributed by atoms with Crippen molar-refractivity contribution in [3.8, 4) is 0 Å². The molecule has 0 radical (unpaired) electrons. The zero-order valence-electron chi connectivity index (χ0n) is 9.43. The number of hydrogen-bond acceptors (Lipinski definition) is 5. The summed E-state index contributed by atoms with van der Waals surface area (Å²) in [7, 11) is 0. The van der Waals surface area contributed by atoms with Gasteiger partial charge in [-0.3, -0.25) is 4.90 Å². The van der Waals surface area contributed by atoms with Crippen molar-refractivity contribution in [2.45, 2.75) is 57.3 Å². The van der Waals surface area contributed by atoms with E-state index in [0.717, 1.165) is 24.5 Å². The van der Waals surface area contributed by atoms with E-state index >= 15 is 0 Å². The molecule has 88 valence electrons. The fourth-order valence-electron chi connectivity index (χ4n) is 3.08. The SMILES string of the molecule is NCc1nc(CN2C3CCCC2CC3)no1. The molecule has 3 rings (SSSR count). The van der Waals surface area contributed by atoms with Crippen LogP contribution in [0.15, 0.2) is 4.52 Å². The second-order valence-electron chi connectivity index (χ2n) is 4.80. The summed E-state index contributed by atoms with van der Waals surface area (Å²) in [5.74, 6) is 1.33. The highest BCUT2D eigenvalue weighted by atomic mass is 16.5. The average Bonchev–Trinajstić information content (AvgIpc) is 2.82. The number of hydrogen-bond donors (Lipinski definition) is 1. The van der Waals surface area contributed by atoms with E-state index in [9.17, 15) is 0 Å². The molecule has 3 heterocycles. The zero-order chi connectivity index (χ0) is 11.0. The Morgan fingerprint density at radius 3 is 2.62 bits per heavy atom. The van der Waals surface area contributed by atoms with Crippen molar-refractivity contribution in [2.75, 3.05) is 0 Å². The summed E-state index contributed by atoms with van der Waals surface area (Å²) in [5, 5.41) is 3.97. The molecule has 2 fully saturated rings. The van der Waals surface area contributed by atoms with Crippen molar-refractivity contribution in [3.63, 3.8) is 0 Å². The molecule has 1 aromatic heterocycles. The van der Waals surface area contributed by atoms with Crippen LogP contribution in [0.25, 0.3) is 0 Å². The van der Waals surface area contributed by atoms with Gasteiger partial charge in [0.1, 0.15) is 0 Å². The Hall–Kier alpha value is -0.940. The second-order valence-corrected chi connectivity index (χ2v) is 4.80. The predicted octanol–water partition coefficient (Wildman–Crippen LogP) is 1.05. The Morgan fingerprint density at radius 1 is 1.25 bits per heavy atom. The highest BCUT2D eigenvalue weighted by Gasteiger charge is 2.36. The highest BCUT2D eigenvalue weighted by Crippen LogP contribution is 2.36. The minimum atomic E-state index is 0.333. The summed E-state index contributed by atoms with van der Waals surface area (Å²) in [6.45, 7) is 1.17. The molecule has 2 aliphatic rings. The van der Waals surface area contributed by atoms with Crippen LogP contribution in [0, 0.1) is 0 Å². The van der Waals surface area contributed by atoms with Gasteiger partial charge in [-0.1, -0.05) is 11.6 Å². The van der Waals surface area contributed by atoms with Crippen LogP contribution in [0.1, 0.15) is 43.8 Å². The maximum Gasteiger partial charge on any atom is 0.240 e. The minimum absolute atomic E-state index is 0.333. The number of nitrogens with zero attached hydrogens (tertiary/aromatic N) is 3. The second kappa shape index (κ2) is 4.14. The first-order chi connectivity index (χ1) is 7.86. The van der Waals surface area contributed by atoms with Gasteiger partial charge >= 0.3 is 0 Å². The molecular formula is C11H18N4O. The third kappa shape index (κ3) is 1.74. The lowest BCUT2D eigenvalue weighted by atomic mass is 10.0. The van der Waals surface area contributed by atoms with Crippen LogP contribution < -0.4 is 5.73 Å². The highest BCUT2D eigenvalue weighted by molar-refractivity contribution is 4.95. The maximum atomic E-state index is 5.45. The van der Waals surface area contributed by atoms with Crippen LogP contribution in [-0.4, -0.2) is 27.1 Å². The molecule has 0 saturated carbocycles. The number of fused-ring (bicyclic) bond motifs is 2.